The molecule has 0 aromatic rings. The van der Waals surface area contributed by atoms with Crippen LogP contribution in [0.2, 0.25) is 0 Å². The third kappa shape index (κ3) is 18.8. The summed E-state index contributed by atoms with van der Waals surface area (Å²) in [6, 6.07) is 0. The van der Waals surface area contributed by atoms with Gasteiger partial charge in [-0.2, -0.15) is 0 Å². The molecular weight excluding hydrogens is 360 g/mol. The van der Waals surface area contributed by atoms with Gasteiger partial charge in [0, 0.05) is 0 Å². The third-order valence-corrected chi connectivity index (χ3v) is 3.84. The van der Waals surface area contributed by atoms with E-state index in [1.807, 2.05) is 13.0 Å². The van der Waals surface area contributed by atoms with Gasteiger partial charge in [-0.25, -0.2) is 4.79 Å². The normalized spacial score (nSPS) is 13.0. The summed E-state index contributed by atoms with van der Waals surface area (Å²) in [5, 5.41) is 0. The summed E-state index contributed by atoms with van der Waals surface area (Å²) in [4.78, 5) is 11.7. The summed E-state index contributed by atoms with van der Waals surface area (Å²) >= 11 is 0. The highest BCUT2D eigenvalue weighted by atomic mass is 16.6. The van der Waals surface area contributed by atoms with Crippen molar-refractivity contribution in [2.45, 2.75) is 72.1 Å². The second kappa shape index (κ2) is 22.0. The molecule has 0 fully saturated rings. The average molecular weight is 401 g/mol. The third-order valence-electron chi connectivity index (χ3n) is 3.84. The monoisotopic (exact) mass is 400 g/mol. The van der Waals surface area contributed by atoms with Crippen molar-refractivity contribution in [1.82, 2.24) is 0 Å². The molecule has 0 N–H and O–H groups in total. The van der Waals surface area contributed by atoms with Crippen molar-refractivity contribution in [3.8, 4) is 0 Å². The van der Waals surface area contributed by atoms with Gasteiger partial charge in [-0.1, -0.05) is 67.7 Å². The molecule has 0 aromatic carbocycles. The number of ether oxygens (including phenoxy) is 2. The summed E-state index contributed by atoms with van der Waals surface area (Å²) in [5.41, 5.74) is 0. The number of allylic oxidation sites excluding steroid dienone is 11. The molecule has 29 heavy (non-hydrogen) atoms. The molecule has 0 bridgehead atoms. The molecule has 0 atom stereocenters. The van der Waals surface area contributed by atoms with E-state index in [1.54, 1.807) is 6.92 Å². The number of carbonyl (C=O) groups excluding carboxylic acids is 1. The first-order valence-electron chi connectivity index (χ1n) is 11.0. The fourth-order valence-corrected chi connectivity index (χ4v) is 2.40. The summed E-state index contributed by atoms with van der Waals surface area (Å²) < 4.78 is 10.3. The van der Waals surface area contributed by atoms with Crippen LogP contribution in [-0.4, -0.2) is 19.2 Å². The highest BCUT2D eigenvalue weighted by Crippen LogP contribution is 2.07. The van der Waals surface area contributed by atoms with Crippen molar-refractivity contribution >= 4 is 5.97 Å². The van der Waals surface area contributed by atoms with Gasteiger partial charge in [-0.3, -0.25) is 0 Å². The Labute approximate surface area is 178 Å². The van der Waals surface area contributed by atoms with E-state index in [2.05, 4.69) is 67.7 Å². The second-order valence-electron chi connectivity index (χ2n) is 6.36. The van der Waals surface area contributed by atoms with E-state index in [9.17, 15) is 4.79 Å². The molecule has 3 heteroatoms. The van der Waals surface area contributed by atoms with Gasteiger partial charge in [-0.05, 0) is 71.3 Å². The lowest BCUT2D eigenvalue weighted by Crippen LogP contribution is -2.10. The minimum atomic E-state index is -0.371. The lowest BCUT2D eigenvalue weighted by Gasteiger charge is -2.07. The molecule has 0 aliphatic rings. The fourth-order valence-electron chi connectivity index (χ4n) is 2.40. The Morgan fingerprint density at radius 1 is 0.621 bits per heavy atom. The number of hydrogen-bond donors (Lipinski definition) is 0. The van der Waals surface area contributed by atoms with Crippen molar-refractivity contribution in [3.63, 3.8) is 0 Å². The van der Waals surface area contributed by atoms with Crippen LogP contribution in [0.5, 0.6) is 0 Å². The van der Waals surface area contributed by atoms with Crippen LogP contribution in [0.4, 0.5) is 0 Å². The minimum Gasteiger partial charge on any atom is -0.487 e. The summed E-state index contributed by atoms with van der Waals surface area (Å²) in [6.07, 6.45) is 31.7. The van der Waals surface area contributed by atoms with Gasteiger partial charge in [-0.15, -0.1) is 0 Å². The van der Waals surface area contributed by atoms with Gasteiger partial charge in [0.1, 0.15) is 0 Å². The van der Waals surface area contributed by atoms with E-state index in [1.165, 1.54) is 0 Å². The van der Waals surface area contributed by atoms with Crippen LogP contribution in [0.15, 0.2) is 72.6 Å². The number of hydrogen-bond acceptors (Lipinski definition) is 3. The first-order valence-corrected chi connectivity index (χ1v) is 11.0. The zero-order chi connectivity index (χ0) is 21.4. The number of unbranched alkanes of at least 4 members (excludes halogenated alkanes) is 2. The predicted octanol–water partition coefficient (Wildman–Crippen LogP) is 7.39. The maximum atomic E-state index is 11.7. The summed E-state index contributed by atoms with van der Waals surface area (Å²) in [7, 11) is 0. The van der Waals surface area contributed by atoms with Crippen LogP contribution in [0.3, 0.4) is 0 Å². The van der Waals surface area contributed by atoms with Crippen LogP contribution in [0, 0.1) is 0 Å². The standard InChI is InChI=1S/C26H40O3/c1-4-7-8-9-10-11-12-13-14-15-16-17-18-19-20-21-22-23-24-25(28-5-2)26(27)29-6-3/h7-8,10-11,13-14,16-17,19-20,24H,4-6,9,12,15,18,21-23H2,1-3H3. The van der Waals surface area contributed by atoms with Crippen LogP contribution in [0.25, 0.3) is 0 Å². The first-order chi connectivity index (χ1) is 14.3. The van der Waals surface area contributed by atoms with Crippen molar-refractivity contribution in [3.05, 3.63) is 72.6 Å². The molecule has 0 saturated carbocycles. The Balaban J connectivity index is 3.79. The Bertz CT molecular complexity index is 563. The molecule has 162 valence electrons. The highest BCUT2D eigenvalue weighted by molar-refractivity contribution is 5.86. The number of rotatable bonds is 17. The lowest BCUT2D eigenvalue weighted by atomic mass is 10.2. The van der Waals surface area contributed by atoms with Crippen LogP contribution in [-0.2, 0) is 14.3 Å². The van der Waals surface area contributed by atoms with E-state index < -0.39 is 0 Å². The van der Waals surface area contributed by atoms with Crippen LogP contribution < -0.4 is 0 Å². The second-order valence-corrected chi connectivity index (χ2v) is 6.36. The van der Waals surface area contributed by atoms with Gasteiger partial charge in [0.15, 0.2) is 0 Å². The highest BCUT2D eigenvalue weighted by Gasteiger charge is 2.10. The van der Waals surface area contributed by atoms with Crippen LogP contribution >= 0.6 is 0 Å². The minimum absolute atomic E-state index is 0.332. The largest absolute Gasteiger partial charge is 0.487 e. The van der Waals surface area contributed by atoms with Gasteiger partial charge < -0.3 is 9.47 Å². The van der Waals surface area contributed by atoms with E-state index in [-0.39, 0.29) is 5.97 Å². The predicted molar refractivity (Wildman–Crippen MR) is 125 cm³/mol. The summed E-state index contributed by atoms with van der Waals surface area (Å²) in [5.74, 6) is -0.0395. The molecule has 0 unspecified atom stereocenters. The molecule has 0 spiro atoms. The number of carbonyl (C=O) groups is 1. The molecule has 0 heterocycles. The van der Waals surface area contributed by atoms with Crippen molar-refractivity contribution in [2.24, 2.45) is 0 Å². The van der Waals surface area contributed by atoms with Crippen molar-refractivity contribution in [2.75, 3.05) is 13.2 Å². The van der Waals surface area contributed by atoms with Gasteiger partial charge in [0.05, 0.1) is 13.2 Å². The van der Waals surface area contributed by atoms with E-state index in [0.29, 0.717) is 19.0 Å². The van der Waals surface area contributed by atoms with Crippen molar-refractivity contribution < 1.29 is 14.3 Å². The maximum Gasteiger partial charge on any atom is 0.373 e. The molecule has 0 aliphatic carbocycles. The average Bonchev–Trinajstić information content (AvgIpc) is 2.72. The molecule has 0 radical (unpaired) electrons. The molecule has 3 nitrogen and oxygen atoms in total. The fraction of sp³-hybridized carbons (Fsp3) is 0.500. The molecule has 0 aliphatic heterocycles. The number of esters is 1. The van der Waals surface area contributed by atoms with Gasteiger partial charge >= 0.3 is 5.97 Å². The van der Waals surface area contributed by atoms with Crippen molar-refractivity contribution in [1.29, 1.82) is 0 Å². The van der Waals surface area contributed by atoms with Gasteiger partial charge in [0.25, 0.3) is 0 Å². The Hall–Kier alpha value is -2.29. The lowest BCUT2D eigenvalue weighted by molar-refractivity contribution is -0.142. The quantitative estimate of drug-likeness (QED) is 0.0839. The van der Waals surface area contributed by atoms with Crippen LogP contribution in [0.1, 0.15) is 72.1 Å². The smallest absolute Gasteiger partial charge is 0.373 e. The molecule has 0 saturated heterocycles. The zero-order valence-corrected chi connectivity index (χ0v) is 18.6. The SMILES string of the molecule is CCC=CCC=CCC=CCC=CCC=CCCCC=C(OCC)C(=O)OCC. The van der Waals surface area contributed by atoms with E-state index in [4.69, 9.17) is 9.47 Å². The Kier molecular flexibility index (Phi) is 20.3. The molecule has 0 rings (SSSR count). The first kappa shape index (κ1) is 26.7. The Morgan fingerprint density at radius 2 is 1.10 bits per heavy atom. The topological polar surface area (TPSA) is 35.5 Å². The van der Waals surface area contributed by atoms with E-state index >= 15 is 0 Å². The van der Waals surface area contributed by atoms with E-state index in [0.717, 1.165) is 51.4 Å². The molecule has 0 amide bonds. The summed E-state index contributed by atoms with van der Waals surface area (Å²) in [6.45, 7) is 6.65. The molecular formula is C26H40O3. The molecule has 0 aromatic heterocycles. The Morgan fingerprint density at radius 3 is 1.59 bits per heavy atom. The van der Waals surface area contributed by atoms with Gasteiger partial charge in [0.2, 0.25) is 5.76 Å². The zero-order valence-electron chi connectivity index (χ0n) is 18.6. The maximum absolute atomic E-state index is 11.7.